The summed E-state index contributed by atoms with van der Waals surface area (Å²) in [6, 6.07) is 0. The molecule has 1 unspecified atom stereocenters. The first-order valence-corrected chi connectivity index (χ1v) is 6.00. The van der Waals surface area contributed by atoms with Gasteiger partial charge in [-0.15, -0.1) is 0 Å². The van der Waals surface area contributed by atoms with E-state index in [9.17, 15) is 0 Å². The van der Waals surface area contributed by atoms with Gasteiger partial charge >= 0.3 is 0 Å². The quantitative estimate of drug-likeness (QED) is 0.842. The van der Waals surface area contributed by atoms with E-state index < -0.39 is 0 Å². The molecule has 1 N–H and O–H groups in total. The molecule has 5 heteroatoms. The van der Waals surface area contributed by atoms with Gasteiger partial charge in [-0.05, 0) is 11.5 Å². The summed E-state index contributed by atoms with van der Waals surface area (Å²) < 4.78 is 5.39. The number of aliphatic hydroxyl groups excluding tert-OH is 1. The summed E-state index contributed by atoms with van der Waals surface area (Å²) in [6.45, 7) is 6.32. The number of hydrogen-bond donors (Lipinski definition) is 1. The second kappa shape index (κ2) is 5.42. The van der Waals surface area contributed by atoms with Crippen LogP contribution in [0, 0.1) is 0 Å². The van der Waals surface area contributed by atoms with Crippen LogP contribution in [0.4, 0.5) is 5.95 Å². The van der Waals surface area contributed by atoms with Gasteiger partial charge < -0.3 is 14.7 Å². The molecule has 1 aromatic rings. The van der Waals surface area contributed by atoms with E-state index in [2.05, 4.69) is 28.7 Å². The number of rotatable bonds is 3. The van der Waals surface area contributed by atoms with Gasteiger partial charge in [-0.2, -0.15) is 0 Å². The molecule has 1 aromatic heterocycles. The molecule has 94 valence electrons. The van der Waals surface area contributed by atoms with Crippen molar-refractivity contribution in [2.24, 2.45) is 0 Å². The van der Waals surface area contributed by atoms with Crippen LogP contribution < -0.4 is 4.90 Å². The number of nitrogens with zero attached hydrogens (tertiary/aromatic N) is 3. The van der Waals surface area contributed by atoms with Gasteiger partial charge in [0.25, 0.3) is 0 Å². The number of anilines is 1. The molecular weight excluding hydrogens is 218 g/mol. The third kappa shape index (κ3) is 2.92. The normalized spacial score (nSPS) is 20.9. The lowest BCUT2D eigenvalue weighted by molar-refractivity contribution is 0.00313. The maximum Gasteiger partial charge on any atom is 0.225 e. The predicted octanol–water partition coefficient (Wildman–Crippen LogP) is 0.797. The Kier molecular flexibility index (Phi) is 3.91. The third-order valence-electron chi connectivity index (χ3n) is 2.95. The Balaban J connectivity index is 2.06. The summed E-state index contributed by atoms with van der Waals surface area (Å²) in [4.78, 5) is 10.8. The fraction of sp³-hybridized carbons (Fsp3) is 0.667. The van der Waals surface area contributed by atoms with Gasteiger partial charge in [0.1, 0.15) is 0 Å². The van der Waals surface area contributed by atoms with Crippen LogP contribution in [0.25, 0.3) is 0 Å². The zero-order chi connectivity index (χ0) is 12.3. The lowest BCUT2D eigenvalue weighted by Crippen LogP contribution is -2.44. The average Bonchev–Trinajstić information content (AvgIpc) is 2.39. The van der Waals surface area contributed by atoms with Crippen LogP contribution in [-0.4, -0.2) is 47.5 Å². The molecule has 17 heavy (non-hydrogen) atoms. The van der Waals surface area contributed by atoms with E-state index in [0.717, 1.165) is 18.1 Å². The van der Waals surface area contributed by atoms with Crippen molar-refractivity contribution in [3.05, 3.63) is 18.0 Å². The Morgan fingerprint density at radius 3 is 2.76 bits per heavy atom. The monoisotopic (exact) mass is 237 g/mol. The number of ether oxygens (including phenoxy) is 1. The van der Waals surface area contributed by atoms with Crippen LogP contribution in [0.5, 0.6) is 0 Å². The molecule has 0 radical (unpaired) electrons. The molecule has 1 aliphatic heterocycles. The lowest BCUT2D eigenvalue weighted by atomic mass is 10.1. The van der Waals surface area contributed by atoms with E-state index >= 15 is 0 Å². The van der Waals surface area contributed by atoms with Crippen molar-refractivity contribution >= 4 is 5.95 Å². The van der Waals surface area contributed by atoms with Crippen molar-refractivity contribution in [1.29, 1.82) is 0 Å². The van der Waals surface area contributed by atoms with Crippen molar-refractivity contribution in [2.75, 3.05) is 31.2 Å². The third-order valence-corrected chi connectivity index (χ3v) is 2.95. The van der Waals surface area contributed by atoms with Crippen LogP contribution >= 0.6 is 0 Å². The minimum Gasteiger partial charge on any atom is -0.394 e. The molecule has 0 aliphatic carbocycles. The Morgan fingerprint density at radius 2 is 2.18 bits per heavy atom. The highest BCUT2D eigenvalue weighted by atomic mass is 16.5. The SMILES string of the molecule is CC(C)c1cnc(N2CCOC(CO)C2)nc1. The molecule has 0 aromatic carbocycles. The Hall–Kier alpha value is -1.20. The highest BCUT2D eigenvalue weighted by Crippen LogP contribution is 2.16. The molecular formula is C12H19N3O2. The summed E-state index contributed by atoms with van der Waals surface area (Å²) in [6.07, 6.45) is 3.62. The Labute approximate surface area is 101 Å². The van der Waals surface area contributed by atoms with Gasteiger partial charge in [0, 0.05) is 25.5 Å². The highest BCUT2D eigenvalue weighted by Gasteiger charge is 2.21. The molecule has 5 nitrogen and oxygen atoms in total. The van der Waals surface area contributed by atoms with Gasteiger partial charge in [-0.25, -0.2) is 9.97 Å². The average molecular weight is 237 g/mol. The topological polar surface area (TPSA) is 58.5 Å². The predicted molar refractivity (Wildman–Crippen MR) is 65.2 cm³/mol. The molecule has 2 heterocycles. The van der Waals surface area contributed by atoms with Gasteiger partial charge in [0.2, 0.25) is 5.95 Å². The summed E-state index contributed by atoms with van der Waals surface area (Å²) in [7, 11) is 0. The highest BCUT2D eigenvalue weighted by molar-refractivity contribution is 5.31. The zero-order valence-corrected chi connectivity index (χ0v) is 10.3. The van der Waals surface area contributed by atoms with Crippen LogP contribution in [-0.2, 0) is 4.74 Å². The second-order valence-corrected chi connectivity index (χ2v) is 4.59. The van der Waals surface area contributed by atoms with Crippen LogP contribution in [0.1, 0.15) is 25.3 Å². The molecule has 2 rings (SSSR count). The molecule has 0 spiro atoms. The summed E-state index contributed by atoms with van der Waals surface area (Å²) in [5.74, 6) is 1.16. The zero-order valence-electron chi connectivity index (χ0n) is 10.3. The maximum absolute atomic E-state index is 9.08. The van der Waals surface area contributed by atoms with Gasteiger partial charge in [0.05, 0.1) is 19.3 Å². The standard InChI is InChI=1S/C12H19N3O2/c1-9(2)10-5-13-12(14-6-10)15-3-4-17-11(7-15)8-16/h5-6,9,11,16H,3-4,7-8H2,1-2H3. The lowest BCUT2D eigenvalue weighted by Gasteiger charge is -2.32. The first-order valence-electron chi connectivity index (χ1n) is 6.00. The van der Waals surface area contributed by atoms with Gasteiger partial charge in [-0.1, -0.05) is 13.8 Å². The molecule has 1 aliphatic rings. The molecule has 0 saturated carbocycles. The number of aromatic nitrogens is 2. The van der Waals surface area contributed by atoms with Crippen LogP contribution in [0.15, 0.2) is 12.4 Å². The Bertz CT molecular complexity index is 353. The Morgan fingerprint density at radius 1 is 1.47 bits per heavy atom. The number of aliphatic hydroxyl groups is 1. The van der Waals surface area contributed by atoms with Gasteiger partial charge in [-0.3, -0.25) is 0 Å². The van der Waals surface area contributed by atoms with E-state index in [0.29, 0.717) is 19.1 Å². The smallest absolute Gasteiger partial charge is 0.225 e. The summed E-state index contributed by atoms with van der Waals surface area (Å²) in [5, 5.41) is 9.08. The van der Waals surface area contributed by atoms with Crippen LogP contribution in [0.3, 0.4) is 0 Å². The van der Waals surface area contributed by atoms with Crippen LogP contribution in [0.2, 0.25) is 0 Å². The largest absolute Gasteiger partial charge is 0.394 e. The minimum atomic E-state index is -0.128. The van der Waals surface area contributed by atoms with Crippen molar-refractivity contribution in [3.63, 3.8) is 0 Å². The summed E-state index contributed by atoms with van der Waals surface area (Å²) >= 11 is 0. The first-order chi connectivity index (χ1) is 8.20. The first kappa shape index (κ1) is 12.3. The number of morpholine rings is 1. The van der Waals surface area contributed by atoms with Crippen molar-refractivity contribution < 1.29 is 9.84 Å². The van der Waals surface area contributed by atoms with E-state index in [4.69, 9.17) is 9.84 Å². The molecule has 1 fully saturated rings. The summed E-state index contributed by atoms with van der Waals surface area (Å²) in [5.41, 5.74) is 1.14. The molecule has 1 saturated heterocycles. The fourth-order valence-electron chi connectivity index (χ4n) is 1.80. The molecule has 0 bridgehead atoms. The van der Waals surface area contributed by atoms with E-state index in [-0.39, 0.29) is 12.7 Å². The molecule has 0 amide bonds. The van der Waals surface area contributed by atoms with E-state index in [1.807, 2.05) is 12.4 Å². The second-order valence-electron chi connectivity index (χ2n) is 4.59. The van der Waals surface area contributed by atoms with E-state index in [1.54, 1.807) is 0 Å². The van der Waals surface area contributed by atoms with E-state index in [1.165, 1.54) is 0 Å². The molecule has 1 atom stereocenters. The minimum absolute atomic E-state index is 0.0422. The van der Waals surface area contributed by atoms with Gasteiger partial charge in [0.15, 0.2) is 0 Å². The van der Waals surface area contributed by atoms with Crippen molar-refractivity contribution in [1.82, 2.24) is 9.97 Å². The van der Waals surface area contributed by atoms with Crippen molar-refractivity contribution in [3.8, 4) is 0 Å². The number of hydrogen-bond acceptors (Lipinski definition) is 5. The van der Waals surface area contributed by atoms with Crippen molar-refractivity contribution in [2.45, 2.75) is 25.9 Å². The maximum atomic E-state index is 9.08. The fourth-order valence-corrected chi connectivity index (χ4v) is 1.80.